The van der Waals surface area contributed by atoms with Crippen molar-refractivity contribution in [1.82, 2.24) is 4.90 Å². The van der Waals surface area contributed by atoms with Crippen LogP contribution in [0, 0.1) is 0 Å². The normalized spacial score (nSPS) is 13.2. The van der Waals surface area contributed by atoms with Crippen LogP contribution in [0.2, 0.25) is 0 Å². The highest BCUT2D eigenvalue weighted by molar-refractivity contribution is 5.41. The lowest BCUT2D eigenvalue weighted by atomic mass is 9.80. The van der Waals surface area contributed by atoms with Crippen molar-refractivity contribution in [3.8, 4) is 11.5 Å². The molecule has 3 aromatic carbocycles. The van der Waals surface area contributed by atoms with Gasteiger partial charge < -0.3 is 29.9 Å². The molecule has 7 heteroatoms. The Kier molecular flexibility index (Phi) is 22.3. The van der Waals surface area contributed by atoms with Crippen LogP contribution in [-0.4, -0.2) is 51.6 Å². The van der Waals surface area contributed by atoms with Crippen LogP contribution in [0.4, 0.5) is 0 Å². The maximum atomic E-state index is 12.0. The molecule has 0 saturated heterocycles. The van der Waals surface area contributed by atoms with Crippen molar-refractivity contribution >= 4 is 0 Å². The first kappa shape index (κ1) is 52.4. The number of ether oxygens (including phenoxy) is 2. The molecule has 0 aliphatic carbocycles. The van der Waals surface area contributed by atoms with E-state index in [1.165, 1.54) is 5.56 Å². The van der Waals surface area contributed by atoms with Crippen LogP contribution < -0.4 is 9.47 Å². The Morgan fingerprint density at radius 1 is 0.443 bits per heavy atom. The molecule has 4 N–H and O–H groups in total. The average Bonchev–Trinajstić information content (AvgIpc) is 3.23. The fourth-order valence-electron chi connectivity index (χ4n) is 9.76. The lowest BCUT2D eigenvalue weighted by Crippen LogP contribution is -2.31. The second-order valence-electron chi connectivity index (χ2n) is 18.1. The molecule has 0 aliphatic heterocycles. The standard InChI is InChI=1S/C54H87NO6/c1-10-25-51(56,26-11-2)45-37-46(52(57,27-12-3)28-13-4)40-49(39-45)60-35-21-33-55(43(9)44-23-19-18-20-24-44)34-22-36-61-50-41-47(53(58,29-14-5)30-15-6)38-48(42-50)54(59,31-16-7)32-17-8/h18-20,23-24,37-43,56-59H,10-17,21-22,25-36H2,1-9H3/t43-/m1/s1. The first-order valence-corrected chi connectivity index (χ1v) is 24.5. The molecule has 61 heavy (non-hydrogen) atoms. The van der Waals surface area contributed by atoms with Gasteiger partial charge in [-0.1, -0.05) is 137 Å². The molecule has 3 aromatic rings. The van der Waals surface area contributed by atoms with Gasteiger partial charge in [0, 0.05) is 19.1 Å². The number of hydrogen-bond acceptors (Lipinski definition) is 7. The van der Waals surface area contributed by atoms with E-state index in [0.29, 0.717) is 76.1 Å². The molecule has 1 atom stereocenters. The van der Waals surface area contributed by atoms with Gasteiger partial charge in [0.2, 0.25) is 0 Å². The summed E-state index contributed by atoms with van der Waals surface area (Å²) < 4.78 is 13.1. The molecule has 0 bridgehead atoms. The summed E-state index contributed by atoms with van der Waals surface area (Å²) in [5.41, 5.74) is 0.738. The van der Waals surface area contributed by atoms with Crippen molar-refractivity contribution in [3.05, 3.63) is 94.5 Å². The highest BCUT2D eigenvalue weighted by atomic mass is 16.5. The van der Waals surface area contributed by atoms with Gasteiger partial charge in [-0.05, 0) is 135 Å². The van der Waals surface area contributed by atoms with Crippen LogP contribution in [0.15, 0.2) is 66.7 Å². The van der Waals surface area contributed by atoms with Crippen LogP contribution in [0.1, 0.15) is 212 Å². The van der Waals surface area contributed by atoms with E-state index in [-0.39, 0.29) is 6.04 Å². The third-order valence-corrected chi connectivity index (χ3v) is 12.8. The van der Waals surface area contributed by atoms with Gasteiger partial charge in [0.25, 0.3) is 0 Å². The zero-order valence-corrected chi connectivity index (χ0v) is 40.0. The van der Waals surface area contributed by atoms with Crippen LogP contribution in [0.5, 0.6) is 11.5 Å². The quantitative estimate of drug-likeness (QED) is 0.0464. The number of benzene rings is 3. The zero-order chi connectivity index (χ0) is 44.9. The summed E-state index contributed by atoms with van der Waals surface area (Å²) in [7, 11) is 0. The number of aliphatic hydroxyl groups is 4. The number of rotatable bonds is 32. The third-order valence-electron chi connectivity index (χ3n) is 12.8. The highest BCUT2D eigenvalue weighted by Crippen LogP contribution is 2.41. The van der Waals surface area contributed by atoms with Crippen LogP contribution >= 0.6 is 0 Å². The molecular formula is C54H87NO6. The molecule has 0 aliphatic rings. The largest absolute Gasteiger partial charge is 0.494 e. The molecule has 7 nitrogen and oxygen atoms in total. The maximum Gasteiger partial charge on any atom is 0.120 e. The van der Waals surface area contributed by atoms with Crippen molar-refractivity contribution in [2.24, 2.45) is 0 Å². The summed E-state index contributed by atoms with van der Waals surface area (Å²) in [5.74, 6) is 1.41. The van der Waals surface area contributed by atoms with Gasteiger partial charge in [0.1, 0.15) is 11.5 Å². The van der Waals surface area contributed by atoms with Crippen LogP contribution in [0.25, 0.3) is 0 Å². The van der Waals surface area contributed by atoms with Gasteiger partial charge in [0.15, 0.2) is 0 Å². The molecular weight excluding hydrogens is 759 g/mol. The predicted molar refractivity (Wildman–Crippen MR) is 254 cm³/mol. The summed E-state index contributed by atoms with van der Waals surface area (Å²) in [6.45, 7) is 21.8. The number of hydrogen-bond donors (Lipinski definition) is 4. The molecule has 0 spiro atoms. The summed E-state index contributed by atoms with van der Waals surface area (Å²) in [5, 5.41) is 47.8. The molecule has 0 amide bonds. The number of nitrogens with zero attached hydrogens (tertiary/aromatic N) is 1. The minimum absolute atomic E-state index is 0.179. The Hall–Kier alpha value is -2.94. The molecule has 0 fully saturated rings. The topological polar surface area (TPSA) is 103 Å². The van der Waals surface area contributed by atoms with E-state index in [2.05, 4.69) is 97.5 Å². The van der Waals surface area contributed by atoms with Gasteiger partial charge >= 0.3 is 0 Å². The average molecular weight is 846 g/mol. The summed E-state index contributed by atoms with van der Waals surface area (Å²) in [6, 6.07) is 22.9. The second-order valence-corrected chi connectivity index (χ2v) is 18.1. The Labute approximate surface area is 372 Å². The Morgan fingerprint density at radius 2 is 0.721 bits per heavy atom. The Bertz CT molecular complexity index is 1450. The van der Waals surface area contributed by atoms with Gasteiger partial charge in [-0.15, -0.1) is 0 Å². The van der Waals surface area contributed by atoms with Gasteiger partial charge in [-0.3, -0.25) is 4.90 Å². The predicted octanol–water partition coefficient (Wildman–Crippen LogP) is 13.1. The van der Waals surface area contributed by atoms with E-state index in [1.807, 2.05) is 36.4 Å². The van der Waals surface area contributed by atoms with Gasteiger partial charge in [0.05, 0.1) is 35.6 Å². The van der Waals surface area contributed by atoms with Gasteiger partial charge in [-0.25, -0.2) is 0 Å². The monoisotopic (exact) mass is 846 g/mol. The van der Waals surface area contributed by atoms with E-state index in [0.717, 1.165) is 99.6 Å². The Morgan fingerprint density at radius 3 is 0.984 bits per heavy atom. The smallest absolute Gasteiger partial charge is 0.120 e. The lowest BCUT2D eigenvalue weighted by molar-refractivity contribution is 0.00934. The van der Waals surface area contributed by atoms with Crippen molar-refractivity contribution in [2.75, 3.05) is 26.3 Å². The SMILES string of the molecule is CCCC(O)(CCC)c1cc(OCCCN(CCCOc2cc(C(O)(CCC)CCC)cc(C(O)(CCC)CCC)c2)[C@H](C)c2ccccc2)cc(C(O)(CCC)CCC)c1. The van der Waals surface area contributed by atoms with Gasteiger partial charge in [-0.2, -0.15) is 0 Å². The molecule has 0 aromatic heterocycles. The fourth-order valence-corrected chi connectivity index (χ4v) is 9.76. The van der Waals surface area contributed by atoms with E-state index in [4.69, 9.17) is 9.47 Å². The minimum atomic E-state index is -0.970. The van der Waals surface area contributed by atoms with E-state index >= 15 is 0 Å². The van der Waals surface area contributed by atoms with E-state index < -0.39 is 22.4 Å². The third kappa shape index (κ3) is 15.1. The van der Waals surface area contributed by atoms with Crippen molar-refractivity contribution in [3.63, 3.8) is 0 Å². The second kappa shape index (κ2) is 26.0. The van der Waals surface area contributed by atoms with Crippen molar-refractivity contribution in [2.45, 2.75) is 206 Å². The minimum Gasteiger partial charge on any atom is -0.494 e. The van der Waals surface area contributed by atoms with Crippen molar-refractivity contribution in [1.29, 1.82) is 0 Å². The molecule has 3 rings (SSSR count). The zero-order valence-electron chi connectivity index (χ0n) is 40.0. The molecule has 0 radical (unpaired) electrons. The van der Waals surface area contributed by atoms with Crippen LogP contribution in [-0.2, 0) is 22.4 Å². The first-order valence-electron chi connectivity index (χ1n) is 24.5. The fraction of sp³-hybridized carbons (Fsp3) is 0.667. The lowest BCUT2D eigenvalue weighted by Gasteiger charge is -2.33. The van der Waals surface area contributed by atoms with Crippen LogP contribution in [0.3, 0.4) is 0 Å². The maximum absolute atomic E-state index is 12.0. The summed E-state index contributed by atoms with van der Waals surface area (Å²) in [6.07, 6.45) is 13.8. The first-order chi connectivity index (χ1) is 29.2. The molecule has 0 unspecified atom stereocenters. The van der Waals surface area contributed by atoms with E-state index in [1.54, 1.807) is 0 Å². The van der Waals surface area contributed by atoms with E-state index in [9.17, 15) is 20.4 Å². The summed E-state index contributed by atoms with van der Waals surface area (Å²) in [4.78, 5) is 2.50. The molecule has 344 valence electrons. The highest BCUT2D eigenvalue weighted by Gasteiger charge is 2.35. The molecule has 0 saturated carbocycles. The Balaban J connectivity index is 1.85. The van der Waals surface area contributed by atoms with Crippen molar-refractivity contribution < 1.29 is 29.9 Å². The molecule has 0 heterocycles. The summed E-state index contributed by atoms with van der Waals surface area (Å²) >= 11 is 0.